The number of aliphatic hydroxyl groups is 1. The van der Waals surface area contributed by atoms with Gasteiger partial charge in [-0.15, -0.1) is 0 Å². The maximum absolute atomic E-state index is 12.8. The van der Waals surface area contributed by atoms with Gasteiger partial charge in [-0.2, -0.15) is 0 Å². The molecule has 3 aliphatic rings. The third-order valence-corrected chi connectivity index (χ3v) is 5.77. The number of likely N-dealkylation sites (tertiary alicyclic amines) is 1. The number of aliphatic hydroxyl groups excluding tert-OH is 1. The second-order valence-electron chi connectivity index (χ2n) is 7.76. The summed E-state index contributed by atoms with van der Waals surface area (Å²) in [5.74, 6) is -0.816. The summed E-state index contributed by atoms with van der Waals surface area (Å²) in [7, 11) is 0. The van der Waals surface area contributed by atoms with E-state index in [4.69, 9.17) is 0 Å². The molecule has 26 heavy (non-hydrogen) atoms. The van der Waals surface area contributed by atoms with E-state index in [0.717, 1.165) is 43.6 Å². The van der Waals surface area contributed by atoms with E-state index in [1.807, 2.05) is 31.2 Å². The highest BCUT2D eigenvalue weighted by molar-refractivity contribution is 6.10. The van der Waals surface area contributed by atoms with Crippen LogP contribution in [0.1, 0.15) is 42.9 Å². The normalized spacial score (nSPS) is 24.0. The summed E-state index contributed by atoms with van der Waals surface area (Å²) < 4.78 is 0. The van der Waals surface area contributed by atoms with Crippen LogP contribution < -0.4 is 0 Å². The molecule has 1 aliphatic carbocycles. The average molecular weight is 354 g/mol. The van der Waals surface area contributed by atoms with Crippen molar-refractivity contribution in [2.75, 3.05) is 26.2 Å². The molecular formula is C21H26N2O3. The molecule has 1 saturated heterocycles. The SMILES string of the molecule is Cc1ccc(C2C(C(=O)C3CC3)=C(O)C(=O)N2CCN2CCCC2)cc1. The van der Waals surface area contributed by atoms with Crippen molar-refractivity contribution in [1.29, 1.82) is 0 Å². The molecule has 1 aromatic rings. The lowest BCUT2D eigenvalue weighted by Gasteiger charge is -2.28. The van der Waals surface area contributed by atoms with Crippen molar-refractivity contribution in [3.8, 4) is 0 Å². The van der Waals surface area contributed by atoms with E-state index in [1.165, 1.54) is 12.8 Å². The summed E-state index contributed by atoms with van der Waals surface area (Å²) >= 11 is 0. The highest BCUT2D eigenvalue weighted by Gasteiger charge is 2.46. The maximum atomic E-state index is 12.8. The van der Waals surface area contributed by atoms with Crippen LogP contribution in [0.3, 0.4) is 0 Å². The number of aryl methyl sites for hydroxylation is 1. The van der Waals surface area contributed by atoms with Crippen molar-refractivity contribution in [1.82, 2.24) is 9.80 Å². The van der Waals surface area contributed by atoms with Gasteiger partial charge in [0.2, 0.25) is 0 Å². The fourth-order valence-corrected chi connectivity index (χ4v) is 4.05. The Morgan fingerprint density at radius 3 is 2.38 bits per heavy atom. The Bertz CT molecular complexity index is 743. The Morgan fingerprint density at radius 2 is 1.77 bits per heavy atom. The zero-order valence-corrected chi connectivity index (χ0v) is 15.3. The Kier molecular flexibility index (Phi) is 4.57. The number of rotatable bonds is 6. The molecule has 1 saturated carbocycles. The molecule has 2 heterocycles. The third kappa shape index (κ3) is 3.16. The Balaban J connectivity index is 1.64. The molecule has 0 spiro atoms. The van der Waals surface area contributed by atoms with Crippen LogP contribution in [0.4, 0.5) is 0 Å². The van der Waals surface area contributed by atoms with Gasteiger partial charge in [0.05, 0.1) is 11.6 Å². The molecule has 0 bridgehead atoms. The minimum absolute atomic E-state index is 0.0218. The average Bonchev–Trinajstić information content (AvgIpc) is 3.30. The summed E-state index contributed by atoms with van der Waals surface area (Å²) in [5, 5.41) is 10.5. The van der Waals surface area contributed by atoms with Gasteiger partial charge in [0.1, 0.15) is 0 Å². The number of ketones is 1. The van der Waals surface area contributed by atoms with Crippen molar-refractivity contribution in [2.45, 2.75) is 38.6 Å². The summed E-state index contributed by atoms with van der Waals surface area (Å²) in [6.07, 6.45) is 4.12. The second-order valence-corrected chi connectivity index (χ2v) is 7.76. The number of amides is 1. The van der Waals surface area contributed by atoms with Crippen molar-refractivity contribution >= 4 is 11.7 Å². The van der Waals surface area contributed by atoms with Crippen molar-refractivity contribution in [3.05, 3.63) is 46.7 Å². The number of nitrogens with zero attached hydrogens (tertiary/aromatic N) is 2. The smallest absolute Gasteiger partial charge is 0.290 e. The van der Waals surface area contributed by atoms with E-state index >= 15 is 0 Å². The van der Waals surface area contributed by atoms with E-state index in [0.29, 0.717) is 12.1 Å². The number of hydrogen-bond donors (Lipinski definition) is 1. The fraction of sp³-hybridized carbons (Fsp3) is 0.524. The largest absolute Gasteiger partial charge is 0.503 e. The van der Waals surface area contributed by atoms with Crippen LogP contribution >= 0.6 is 0 Å². The van der Waals surface area contributed by atoms with Crippen LogP contribution in [0, 0.1) is 12.8 Å². The Morgan fingerprint density at radius 1 is 1.12 bits per heavy atom. The topological polar surface area (TPSA) is 60.9 Å². The molecule has 138 valence electrons. The third-order valence-electron chi connectivity index (χ3n) is 5.77. The number of carbonyl (C=O) groups excluding carboxylic acids is 2. The van der Waals surface area contributed by atoms with Gasteiger partial charge in [-0.3, -0.25) is 9.59 Å². The minimum Gasteiger partial charge on any atom is -0.503 e. The van der Waals surface area contributed by atoms with Crippen molar-refractivity contribution in [3.63, 3.8) is 0 Å². The summed E-state index contributed by atoms with van der Waals surface area (Å²) in [5.41, 5.74) is 2.34. The molecule has 2 aliphatic heterocycles. The second kappa shape index (κ2) is 6.88. The molecule has 4 rings (SSSR count). The van der Waals surface area contributed by atoms with Gasteiger partial charge in [0, 0.05) is 19.0 Å². The van der Waals surface area contributed by atoms with Gasteiger partial charge in [-0.25, -0.2) is 0 Å². The first-order chi connectivity index (χ1) is 12.6. The highest BCUT2D eigenvalue weighted by atomic mass is 16.3. The van der Waals surface area contributed by atoms with Crippen LogP contribution in [0.2, 0.25) is 0 Å². The molecule has 5 heteroatoms. The van der Waals surface area contributed by atoms with Crippen molar-refractivity contribution < 1.29 is 14.7 Å². The molecule has 5 nitrogen and oxygen atoms in total. The van der Waals surface area contributed by atoms with E-state index in [1.54, 1.807) is 4.90 Å². The Hall–Kier alpha value is -2.14. The van der Waals surface area contributed by atoms with Gasteiger partial charge in [-0.1, -0.05) is 29.8 Å². The lowest BCUT2D eigenvalue weighted by Crippen LogP contribution is -2.38. The molecule has 0 radical (unpaired) electrons. The maximum Gasteiger partial charge on any atom is 0.290 e. The van der Waals surface area contributed by atoms with Crippen LogP contribution in [-0.4, -0.2) is 52.8 Å². The first-order valence-electron chi connectivity index (χ1n) is 9.63. The van der Waals surface area contributed by atoms with Gasteiger partial charge >= 0.3 is 0 Å². The zero-order valence-electron chi connectivity index (χ0n) is 15.3. The zero-order chi connectivity index (χ0) is 18.3. The van der Waals surface area contributed by atoms with Crippen LogP contribution in [0.15, 0.2) is 35.6 Å². The predicted molar refractivity (Wildman–Crippen MR) is 98.7 cm³/mol. The molecular weight excluding hydrogens is 328 g/mol. The molecule has 1 amide bonds. The molecule has 1 atom stereocenters. The predicted octanol–water partition coefficient (Wildman–Crippen LogP) is 2.77. The first-order valence-corrected chi connectivity index (χ1v) is 9.63. The first kappa shape index (κ1) is 17.3. The van der Waals surface area contributed by atoms with Gasteiger partial charge in [0.25, 0.3) is 5.91 Å². The number of benzene rings is 1. The number of hydrogen-bond acceptors (Lipinski definition) is 4. The van der Waals surface area contributed by atoms with Gasteiger partial charge in [0.15, 0.2) is 11.5 Å². The molecule has 0 aromatic heterocycles. The molecule has 1 unspecified atom stereocenters. The summed E-state index contributed by atoms with van der Waals surface area (Å²) in [6.45, 7) is 5.45. The monoisotopic (exact) mass is 354 g/mol. The van der Waals surface area contributed by atoms with Gasteiger partial charge in [-0.05, 0) is 51.3 Å². The van der Waals surface area contributed by atoms with Gasteiger partial charge < -0.3 is 14.9 Å². The van der Waals surface area contributed by atoms with E-state index in [2.05, 4.69) is 4.90 Å². The van der Waals surface area contributed by atoms with E-state index in [-0.39, 0.29) is 17.5 Å². The van der Waals surface area contributed by atoms with E-state index in [9.17, 15) is 14.7 Å². The fourth-order valence-electron chi connectivity index (χ4n) is 4.05. The molecule has 2 fully saturated rings. The molecule has 1 aromatic carbocycles. The van der Waals surface area contributed by atoms with Crippen LogP contribution in [0.25, 0.3) is 0 Å². The van der Waals surface area contributed by atoms with Crippen LogP contribution in [0.5, 0.6) is 0 Å². The van der Waals surface area contributed by atoms with Crippen LogP contribution in [-0.2, 0) is 9.59 Å². The van der Waals surface area contributed by atoms with Crippen molar-refractivity contribution in [2.24, 2.45) is 5.92 Å². The summed E-state index contributed by atoms with van der Waals surface area (Å²) in [4.78, 5) is 29.6. The van der Waals surface area contributed by atoms with E-state index < -0.39 is 11.9 Å². The quantitative estimate of drug-likeness (QED) is 0.853. The Labute approximate surface area is 154 Å². The number of Topliss-reactive ketones (excluding diaryl/α,β-unsaturated/α-hetero) is 1. The standard InChI is InChI=1S/C21H26N2O3/c1-14-4-6-15(7-5-14)18-17(19(24)16-8-9-16)20(25)21(26)23(18)13-12-22-10-2-3-11-22/h4-7,16,18,25H,2-3,8-13H2,1H3. The highest BCUT2D eigenvalue weighted by Crippen LogP contribution is 2.43. The molecule has 1 N–H and O–H groups in total. The lowest BCUT2D eigenvalue weighted by atomic mass is 9.93. The lowest BCUT2D eigenvalue weighted by molar-refractivity contribution is -0.129. The minimum atomic E-state index is -0.459. The number of carbonyl (C=O) groups is 2. The summed E-state index contributed by atoms with van der Waals surface area (Å²) in [6, 6.07) is 7.46.